The molecule has 1 aliphatic heterocycles. The van der Waals surface area contributed by atoms with Gasteiger partial charge >= 0.3 is 0 Å². The van der Waals surface area contributed by atoms with Gasteiger partial charge in [0.25, 0.3) is 10.0 Å². The molecule has 0 saturated carbocycles. The fourth-order valence-electron chi connectivity index (χ4n) is 4.40. The molecule has 37 heavy (non-hydrogen) atoms. The number of sulfonamides is 1. The minimum atomic E-state index is -4.00. The Hall–Kier alpha value is -3.65. The molecule has 1 aliphatic rings. The molecule has 5 rings (SSSR count). The van der Waals surface area contributed by atoms with Crippen molar-refractivity contribution < 1.29 is 22.6 Å². The van der Waals surface area contributed by atoms with Gasteiger partial charge < -0.3 is 14.2 Å². The van der Waals surface area contributed by atoms with Crippen LogP contribution < -0.4 is 9.47 Å². The van der Waals surface area contributed by atoms with Crippen molar-refractivity contribution in [3.63, 3.8) is 0 Å². The van der Waals surface area contributed by atoms with E-state index in [2.05, 4.69) is 0 Å². The summed E-state index contributed by atoms with van der Waals surface area (Å²) in [6.07, 6.45) is -0.516. The minimum Gasteiger partial charge on any atom is -0.485 e. The lowest BCUT2D eigenvalue weighted by Gasteiger charge is -2.29. The summed E-state index contributed by atoms with van der Waals surface area (Å²) >= 11 is 0. The SMILES string of the molecule is C[C@H](c1ccccc1)N1C[C@@H](COCc2ccccc2)Oc2cccc(Oc3ccccc3)c2S1(=O)=O. The largest absolute Gasteiger partial charge is 0.485 e. The van der Waals surface area contributed by atoms with E-state index in [4.69, 9.17) is 14.2 Å². The van der Waals surface area contributed by atoms with Crippen molar-refractivity contribution in [1.82, 2.24) is 4.31 Å². The zero-order chi connectivity index (χ0) is 25.7. The molecule has 0 spiro atoms. The van der Waals surface area contributed by atoms with Crippen LogP contribution in [-0.2, 0) is 21.4 Å². The fraction of sp³-hybridized carbons (Fsp3) is 0.200. The van der Waals surface area contributed by atoms with E-state index in [9.17, 15) is 8.42 Å². The van der Waals surface area contributed by atoms with Crippen LogP contribution in [0.5, 0.6) is 17.2 Å². The molecular weight excluding hydrogens is 486 g/mol. The highest BCUT2D eigenvalue weighted by Gasteiger charge is 2.40. The van der Waals surface area contributed by atoms with Crippen molar-refractivity contribution in [3.8, 4) is 17.2 Å². The average molecular weight is 516 g/mol. The van der Waals surface area contributed by atoms with Crippen LogP contribution in [0.4, 0.5) is 0 Å². The fourth-order valence-corrected chi connectivity index (χ4v) is 6.27. The smallest absolute Gasteiger partial charge is 0.251 e. The average Bonchev–Trinajstić information content (AvgIpc) is 3.04. The monoisotopic (exact) mass is 515 g/mol. The molecule has 7 heteroatoms. The third kappa shape index (κ3) is 5.69. The Balaban J connectivity index is 1.50. The van der Waals surface area contributed by atoms with Gasteiger partial charge in [-0.05, 0) is 42.3 Å². The first-order valence-electron chi connectivity index (χ1n) is 12.2. The van der Waals surface area contributed by atoms with E-state index in [-0.39, 0.29) is 29.5 Å². The van der Waals surface area contributed by atoms with Crippen LogP contribution in [-0.4, -0.2) is 32.0 Å². The van der Waals surface area contributed by atoms with Gasteiger partial charge in [0.1, 0.15) is 17.6 Å². The van der Waals surface area contributed by atoms with Crippen LogP contribution in [0.2, 0.25) is 0 Å². The van der Waals surface area contributed by atoms with Gasteiger partial charge in [-0.15, -0.1) is 0 Å². The molecule has 0 radical (unpaired) electrons. The number of benzene rings is 4. The van der Waals surface area contributed by atoms with Gasteiger partial charge in [0.15, 0.2) is 10.6 Å². The number of hydrogen-bond donors (Lipinski definition) is 0. The van der Waals surface area contributed by atoms with Crippen LogP contribution in [0.1, 0.15) is 24.1 Å². The van der Waals surface area contributed by atoms with E-state index in [1.807, 2.05) is 85.8 Å². The van der Waals surface area contributed by atoms with Crippen molar-refractivity contribution in [2.75, 3.05) is 13.2 Å². The Labute approximate surface area is 218 Å². The molecule has 0 aromatic heterocycles. The Morgan fingerprint density at radius 1 is 0.865 bits per heavy atom. The van der Waals surface area contributed by atoms with E-state index in [0.717, 1.165) is 11.1 Å². The molecule has 0 saturated heterocycles. The van der Waals surface area contributed by atoms with E-state index >= 15 is 0 Å². The van der Waals surface area contributed by atoms with E-state index < -0.39 is 22.2 Å². The first-order valence-corrected chi connectivity index (χ1v) is 13.7. The standard InChI is InChI=1S/C30H29NO5S/c1-23(25-14-7-3-8-15-25)31-20-27(22-34-21-24-12-5-2-6-13-24)36-29-19-11-18-28(30(29)37(31,32)33)35-26-16-9-4-10-17-26/h2-19,23,27H,20-22H2,1H3/t23-,27+/m1/s1. The molecule has 0 bridgehead atoms. The normalized spacial score (nSPS) is 17.7. The number of fused-ring (bicyclic) bond motifs is 1. The molecule has 0 amide bonds. The Bertz CT molecular complexity index is 1410. The first kappa shape index (κ1) is 25.0. The molecule has 0 unspecified atom stereocenters. The van der Waals surface area contributed by atoms with Crippen molar-refractivity contribution >= 4 is 10.0 Å². The van der Waals surface area contributed by atoms with Crippen molar-refractivity contribution in [3.05, 3.63) is 120 Å². The lowest BCUT2D eigenvalue weighted by Crippen LogP contribution is -2.40. The van der Waals surface area contributed by atoms with Gasteiger partial charge in [0.05, 0.1) is 19.8 Å². The third-order valence-corrected chi connectivity index (χ3v) is 8.29. The predicted octanol–water partition coefficient (Wildman–Crippen LogP) is 6.21. The number of nitrogens with zero attached hydrogens (tertiary/aromatic N) is 1. The Morgan fingerprint density at radius 2 is 1.51 bits per heavy atom. The number of hydrogen-bond acceptors (Lipinski definition) is 5. The summed E-state index contributed by atoms with van der Waals surface area (Å²) in [5.74, 6) is 1.02. The summed E-state index contributed by atoms with van der Waals surface area (Å²) in [5.41, 5.74) is 1.93. The number of rotatable bonds is 8. The second-order valence-electron chi connectivity index (χ2n) is 8.90. The molecule has 0 aliphatic carbocycles. The minimum absolute atomic E-state index is 0.0205. The molecule has 0 N–H and O–H groups in total. The van der Waals surface area contributed by atoms with E-state index in [1.165, 1.54) is 4.31 Å². The maximum absolute atomic E-state index is 14.2. The predicted molar refractivity (Wildman–Crippen MR) is 142 cm³/mol. The molecular formula is C30H29NO5S. The maximum atomic E-state index is 14.2. The van der Waals surface area contributed by atoms with E-state index in [0.29, 0.717) is 12.4 Å². The summed E-state index contributed by atoms with van der Waals surface area (Å²) in [6, 6.07) is 33.2. The Kier molecular flexibility index (Phi) is 7.55. The van der Waals surface area contributed by atoms with Gasteiger partial charge in [0, 0.05) is 6.04 Å². The van der Waals surface area contributed by atoms with Crippen LogP contribution >= 0.6 is 0 Å². The molecule has 0 fully saturated rings. The highest BCUT2D eigenvalue weighted by Crippen LogP contribution is 2.42. The molecule has 6 nitrogen and oxygen atoms in total. The molecule has 190 valence electrons. The second-order valence-corrected chi connectivity index (χ2v) is 10.7. The van der Waals surface area contributed by atoms with Crippen LogP contribution in [0, 0.1) is 0 Å². The quantitative estimate of drug-likeness (QED) is 0.279. The summed E-state index contributed by atoms with van der Waals surface area (Å²) in [4.78, 5) is 0.0205. The highest BCUT2D eigenvalue weighted by molar-refractivity contribution is 7.89. The van der Waals surface area contributed by atoms with Gasteiger partial charge in [0.2, 0.25) is 0 Å². The Morgan fingerprint density at radius 3 is 2.22 bits per heavy atom. The molecule has 1 heterocycles. The summed E-state index contributed by atoms with van der Waals surface area (Å²) < 4.78 is 48.3. The van der Waals surface area contributed by atoms with Gasteiger partial charge in [-0.1, -0.05) is 84.9 Å². The van der Waals surface area contributed by atoms with Crippen molar-refractivity contribution in [2.24, 2.45) is 0 Å². The summed E-state index contributed by atoms with van der Waals surface area (Å²) in [5, 5.41) is 0. The van der Waals surface area contributed by atoms with Crippen LogP contribution in [0.15, 0.2) is 114 Å². The summed E-state index contributed by atoms with van der Waals surface area (Å²) in [6.45, 7) is 2.66. The molecule has 4 aromatic carbocycles. The summed E-state index contributed by atoms with van der Waals surface area (Å²) in [7, 11) is -4.00. The third-order valence-electron chi connectivity index (χ3n) is 6.29. The second kappa shape index (κ2) is 11.2. The highest BCUT2D eigenvalue weighted by atomic mass is 32.2. The number of para-hydroxylation sites is 1. The number of ether oxygens (including phenoxy) is 3. The van der Waals surface area contributed by atoms with Gasteiger partial charge in [-0.2, -0.15) is 4.31 Å². The maximum Gasteiger partial charge on any atom is 0.251 e. The van der Waals surface area contributed by atoms with Crippen LogP contribution in [0.25, 0.3) is 0 Å². The van der Waals surface area contributed by atoms with Crippen LogP contribution in [0.3, 0.4) is 0 Å². The topological polar surface area (TPSA) is 65.1 Å². The molecule has 2 atom stereocenters. The lowest BCUT2D eigenvalue weighted by molar-refractivity contribution is 0.0313. The van der Waals surface area contributed by atoms with Gasteiger partial charge in [-0.25, -0.2) is 8.42 Å². The van der Waals surface area contributed by atoms with Crippen molar-refractivity contribution in [1.29, 1.82) is 0 Å². The van der Waals surface area contributed by atoms with Gasteiger partial charge in [-0.3, -0.25) is 0 Å². The van der Waals surface area contributed by atoms with E-state index in [1.54, 1.807) is 30.3 Å². The van der Waals surface area contributed by atoms with Crippen molar-refractivity contribution in [2.45, 2.75) is 30.6 Å². The lowest BCUT2D eigenvalue weighted by atomic mass is 10.1. The molecule has 4 aromatic rings. The first-order chi connectivity index (χ1) is 18.0. The zero-order valence-corrected chi connectivity index (χ0v) is 21.4. The zero-order valence-electron chi connectivity index (χ0n) is 20.6.